The van der Waals surface area contributed by atoms with Crippen LogP contribution in [0.15, 0.2) is 321 Å². The summed E-state index contributed by atoms with van der Waals surface area (Å²) in [5.41, 5.74) is 20.3. The fourth-order valence-electron chi connectivity index (χ4n) is 14.5. The van der Waals surface area contributed by atoms with Gasteiger partial charge in [0.2, 0.25) is 0 Å². The van der Waals surface area contributed by atoms with Crippen LogP contribution in [0, 0.1) is 0 Å². The summed E-state index contributed by atoms with van der Waals surface area (Å²) in [6.07, 6.45) is 0. The molecule has 0 radical (unpaired) electrons. The molecule has 0 saturated heterocycles. The quantitative estimate of drug-likeness (QED) is 0.130. The van der Waals surface area contributed by atoms with Gasteiger partial charge in [-0.1, -0.05) is 212 Å². The summed E-state index contributed by atoms with van der Waals surface area (Å²) in [6, 6.07) is 105. The van der Waals surface area contributed by atoms with Crippen LogP contribution in [-0.4, -0.2) is 29.9 Å². The van der Waals surface area contributed by atoms with Crippen LogP contribution in [0.25, 0.3) is 221 Å². The second kappa shape index (κ2) is 22.5. The molecule has 0 aliphatic carbocycles. The number of benzene rings is 14. The summed E-state index contributed by atoms with van der Waals surface area (Å²) in [6.45, 7) is 0. The number of fused-ring (bicyclic) bond motifs is 15. The minimum atomic E-state index is 0.558. The number of furan rings is 4. The molecule has 0 amide bonds. The Balaban J connectivity index is 0.587. The number of nitrogens with zero attached hydrogens (tertiary/aromatic N) is 6. The van der Waals surface area contributed by atoms with E-state index >= 15 is 0 Å². The lowest BCUT2D eigenvalue weighted by atomic mass is 9.98. The van der Waals surface area contributed by atoms with Crippen LogP contribution < -0.4 is 0 Å². The maximum atomic E-state index is 6.76. The lowest BCUT2D eigenvalue weighted by Crippen LogP contribution is -2.01. The summed E-state index contributed by atoms with van der Waals surface area (Å²) < 4.78 is 28.5. The summed E-state index contributed by atoms with van der Waals surface area (Å²) in [5.74, 6) is 3.48. The first-order valence-corrected chi connectivity index (χ1v) is 34.3. The molecule has 10 nitrogen and oxygen atoms in total. The van der Waals surface area contributed by atoms with E-state index in [1.54, 1.807) is 11.3 Å². The van der Waals surface area contributed by atoms with Gasteiger partial charge in [-0.2, -0.15) is 0 Å². The van der Waals surface area contributed by atoms with E-state index in [9.17, 15) is 0 Å². The Morgan fingerprint density at radius 1 is 0.168 bits per heavy atom. The third-order valence-electron chi connectivity index (χ3n) is 19.7. The van der Waals surface area contributed by atoms with Crippen molar-refractivity contribution in [2.75, 3.05) is 0 Å². The molecule has 0 spiro atoms. The van der Waals surface area contributed by atoms with Gasteiger partial charge in [-0.3, -0.25) is 0 Å². The first kappa shape index (κ1) is 56.7. The summed E-state index contributed by atoms with van der Waals surface area (Å²) >= 11 is 1.79. The van der Waals surface area contributed by atoms with Crippen molar-refractivity contribution in [3.63, 3.8) is 0 Å². The van der Waals surface area contributed by atoms with Gasteiger partial charge in [-0.05, 0) is 136 Å². The van der Waals surface area contributed by atoms with Gasteiger partial charge in [0.1, 0.15) is 44.7 Å². The molecular formula is C90H50N6O4S. The Kier molecular flexibility index (Phi) is 12.7. The van der Waals surface area contributed by atoms with Crippen LogP contribution in [0.3, 0.4) is 0 Å². The highest BCUT2D eigenvalue weighted by Gasteiger charge is 2.22. The average molecular weight is 1310 g/mol. The fourth-order valence-corrected chi connectivity index (χ4v) is 15.6. The normalized spacial score (nSPS) is 12.0. The molecule has 0 aliphatic heterocycles. The topological polar surface area (TPSA) is 130 Å². The molecule has 0 saturated carbocycles. The van der Waals surface area contributed by atoms with Gasteiger partial charge in [0, 0.05) is 96.6 Å². The standard InChI is InChI=1S/C90H50N6O4S/c1-3-13-55(14-4-1)63-17-7-8-20-67(63)90-95-86(57-31-27-52(28-32-57)51-23-25-53(26-24-51)59-36-40-76-68(43-59)72-49-79-70(47-81(72)98-76)64-18-9-11-21-75(64)97-79)91-87(96-90)58-33-29-54(30-34-58)60-37-41-77-69(44-60)73-50-80-71(48-82(73)99-77)65-39-35-62(46-78(65)100-80)89-93-85(56-15-5-2-6-16-56)92-88(94-89)61-38-42-84-74(45-61)66-19-10-12-22-83(66)101-84/h1-50H. The summed E-state index contributed by atoms with van der Waals surface area (Å²) in [7, 11) is 0. The molecule has 21 rings (SSSR count). The number of hydrogen-bond donors (Lipinski definition) is 0. The largest absolute Gasteiger partial charge is 0.456 e. The summed E-state index contributed by atoms with van der Waals surface area (Å²) in [4.78, 5) is 31.0. The Hall–Kier alpha value is -13.5. The zero-order valence-electron chi connectivity index (χ0n) is 53.6. The SMILES string of the molecule is c1ccc(-c2nc(-c3ccc4c(c3)oc3cc5c(cc34)oc3ccc(-c4ccc(-c6nc(-c7ccc(-c8ccc(-c9ccc%10oc%11cc%12c(cc%11c%10c9)oc9ccccc9%12)cc8)cc7)nc(-c7ccccc7-c7ccccc7)n6)cc4)cc35)nc(-c3ccc4sc5ccccc5c4c3)n2)cc1. The van der Waals surface area contributed by atoms with Crippen LogP contribution in [0.5, 0.6) is 0 Å². The fraction of sp³-hybridized carbons (Fsp3) is 0. The third kappa shape index (κ3) is 9.62. The highest BCUT2D eigenvalue weighted by Crippen LogP contribution is 2.44. The van der Waals surface area contributed by atoms with Crippen molar-refractivity contribution < 1.29 is 17.7 Å². The van der Waals surface area contributed by atoms with Gasteiger partial charge in [0.05, 0.1) is 0 Å². The summed E-state index contributed by atoms with van der Waals surface area (Å²) in [5, 5.41) is 10.5. The van der Waals surface area contributed by atoms with Gasteiger partial charge < -0.3 is 17.7 Å². The van der Waals surface area contributed by atoms with E-state index in [1.807, 2.05) is 66.7 Å². The molecule has 0 fully saturated rings. The number of hydrogen-bond acceptors (Lipinski definition) is 11. The molecule has 101 heavy (non-hydrogen) atoms. The van der Waals surface area contributed by atoms with Crippen LogP contribution in [0.2, 0.25) is 0 Å². The zero-order chi connectivity index (χ0) is 66.2. The second-order valence-corrected chi connectivity index (χ2v) is 26.7. The van der Waals surface area contributed by atoms with Crippen molar-refractivity contribution >= 4 is 119 Å². The molecule has 11 heteroatoms. The first-order valence-electron chi connectivity index (χ1n) is 33.5. The van der Waals surface area contributed by atoms with E-state index in [4.69, 9.17) is 47.6 Å². The van der Waals surface area contributed by atoms with Gasteiger partial charge in [-0.25, -0.2) is 29.9 Å². The van der Waals surface area contributed by atoms with E-state index in [0.29, 0.717) is 34.9 Å². The smallest absolute Gasteiger partial charge is 0.164 e. The van der Waals surface area contributed by atoms with Crippen molar-refractivity contribution in [1.29, 1.82) is 0 Å². The molecule has 21 aromatic rings. The Labute approximate surface area is 579 Å². The van der Waals surface area contributed by atoms with E-state index in [1.165, 1.54) is 20.2 Å². The first-order chi connectivity index (χ1) is 49.9. The number of thiophene rings is 1. The van der Waals surface area contributed by atoms with Gasteiger partial charge in [-0.15, -0.1) is 11.3 Å². The van der Waals surface area contributed by atoms with Gasteiger partial charge >= 0.3 is 0 Å². The van der Waals surface area contributed by atoms with Crippen molar-refractivity contribution in [3.05, 3.63) is 303 Å². The zero-order valence-corrected chi connectivity index (χ0v) is 54.4. The molecule has 14 aromatic carbocycles. The van der Waals surface area contributed by atoms with Crippen molar-refractivity contribution in [2.24, 2.45) is 0 Å². The van der Waals surface area contributed by atoms with E-state index in [0.717, 1.165) is 166 Å². The van der Waals surface area contributed by atoms with Crippen molar-refractivity contribution in [2.45, 2.75) is 0 Å². The van der Waals surface area contributed by atoms with E-state index in [2.05, 4.69) is 237 Å². The van der Waals surface area contributed by atoms with Crippen LogP contribution in [0.1, 0.15) is 0 Å². The Morgan fingerprint density at radius 3 is 1.06 bits per heavy atom. The molecule has 0 bridgehead atoms. The highest BCUT2D eigenvalue weighted by molar-refractivity contribution is 7.25. The Morgan fingerprint density at radius 2 is 0.495 bits per heavy atom. The van der Waals surface area contributed by atoms with Gasteiger partial charge in [0.25, 0.3) is 0 Å². The van der Waals surface area contributed by atoms with Crippen LogP contribution in [0.4, 0.5) is 0 Å². The molecule has 7 heterocycles. The van der Waals surface area contributed by atoms with Crippen molar-refractivity contribution in [3.8, 4) is 113 Å². The third-order valence-corrected chi connectivity index (χ3v) is 20.8. The number of rotatable bonds is 10. The molecule has 7 aromatic heterocycles. The van der Waals surface area contributed by atoms with Gasteiger partial charge in [0.15, 0.2) is 34.9 Å². The molecule has 0 N–H and O–H groups in total. The lowest BCUT2D eigenvalue weighted by Gasteiger charge is -2.12. The average Bonchev–Trinajstić information content (AvgIpc) is 1.61. The minimum absolute atomic E-state index is 0.558. The second-order valence-electron chi connectivity index (χ2n) is 25.7. The van der Waals surface area contributed by atoms with Crippen molar-refractivity contribution in [1.82, 2.24) is 29.9 Å². The number of para-hydroxylation sites is 1. The van der Waals surface area contributed by atoms with Crippen LogP contribution >= 0.6 is 11.3 Å². The molecule has 0 unspecified atom stereocenters. The molecular weight excluding hydrogens is 1260 g/mol. The number of aromatic nitrogens is 6. The van der Waals surface area contributed by atoms with Crippen LogP contribution in [-0.2, 0) is 0 Å². The minimum Gasteiger partial charge on any atom is -0.456 e. The predicted molar refractivity (Wildman–Crippen MR) is 410 cm³/mol. The lowest BCUT2D eigenvalue weighted by molar-refractivity contribution is 0.664. The molecule has 0 aliphatic rings. The highest BCUT2D eigenvalue weighted by atomic mass is 32.1. The Bertz CT molecular complexity index is 6930. The van der Waals surface area contributed by atoms with E-state index < -0.39 is 0 Å². The monoisotopic (exact) mass is 1310 g/mol. The predicted octanol–water partition coefficient (Wildman–Crippen LogP) is 24.7. The molecule has 0 atom stereocenters. The maximum absolute atomic E-state index is 6.76. The maximum Gasteiger partial charge on any atom is 0.164 e. The molecule has 470 valence electrons. The van der Waals surface area contributed by atoms with E-state index in [-0.39, 0.29) is 0 Å².